The summed E-state index contributed by atoms with van der Waals surface area (Å²) in [5.74, 6) is -0.589. The Morgan fingerprint density at radius 2 is 2.21 bits per heavy atom. The van der Waals surface area contributed by atoms with E-state index >= 15 is 0 Å². The number of carbonyl (C=O) groups excluding carboxylic acids is 1. The smallest absolute Gasteiger partial charge is 0.227 e. The minimum Gasteiger partial charge on any atom is -0.310 e. The summed E-state index contributed by atoms with van der Waals surface area (Å²) in [5, 5.41) is 5.36. The van der Waals surface area contributed by atoms with Gasteiger partial charge in [0, 0.05) is 18.9 Å². The number of primary sulfonamides is 1. The number of sulfonamides is 1. The van der Waals surface area contributed by atoms with E-state index in [2.05, 4.69) is 4.98 Å². The maximum absolute atomic E-state index is 11.9. The van der Waals surface area contributed by atoms with E-state index in [1.807, 2.05) is 0 Å². The van der Waals surface area contributed by atoms with Crippen molar-refractivity contribution in [2.45, 2.75) is 13.3 Å². The summed E-state index contributed by atoms with van der Waals surface area (Å²) in [6.45, 7) is 2.08. The van der Waals surface area contributed by atoms with Gasteiger partial charge >= 0.3 is 0 Å². The van der Waals surface area contributed by atoms with Crippen molar-refractivity contribution in [3.63, 3.8) is 0 Å². The lowest BCUT2D eigenvalue weighted by Crippen LogP contribution is -2.28. The van der Waals surface area contributed by atoms with Gasteiger partial charge in [0.05, 0.1) is 17.1 Å². The molecule has 0 aromatic carbocycles. The minimum absolute atomic E-state index is 0.124. The van der Waals surface area contributed by atoms with Gasteiger partial charge in [0.15, 0.2) is 0 Å². The summed E-state index contributed by atoms with van der Waals surface area (Å²) in [4.78, 5) is 17.6. The Morgan fingerprint density at radius 1 is 1.53 bits per heavy atom. The van der Waals surface area contributed by atoms with Crippen molar-refractivity contribution >= 4 is 33.2 Å². The van der Waals surface area contributed by atoms with Crippen LogP contribution in [0.15, 0.2) is 12.1 Å². The highest BCUT2D eigenvalue weighted by Gasteiger charge is 2.33. The lowest BCUT2D eigenvalue weighted by Gasteiger charge is -2.18. The van der Waals surface area contributed by atoms with Gasteiger partial charge in [-0.1, -0.05) is 11.6 Å². The van der Waals surface area contributed by atoms with E-state index in [0.29, 0.717) is 23.1 Å². The average molecular weight is 304 g/mol. The van der Waals surface area contributed by atoms with Crippen molar-refractivity contribution in [2.24, 2.45) is 11.1 Å². The number of aromatic nitrogens is 1. The molecule has 1 amide bonds. The van der Waals surface area contributed by atoms with Gasteiger partial charge in [-0.15, -0.1) is 0 Å². The van der Waals surface area contributed by atoms with Gasteiger partial charge in [-0.05, 0) is 19.1 Å². The van der Waals surface area contributed by atoms with Crippen LogP contribution in [0.1, 0.15) is 12.1 Å². The number of hydrogen-bond acceptors (Lipinski definition) is 4. The van der Waals surface area contributed by atoms with Crippen LogP contribution in [0, 0.1) is 12.8 Å². The van der Waals surface area contributed by atoms with E-state index in [4.69, 9.17) is 16.7 Å². The number of rotatable bonds is 3. The number of hydrogen-bond donors (Lipinski definition) is 1. The van der Waals surface area contributed by atoms with Crippen LogP contribution in [-0.2, 0) is 14.8 Å². The third kappa shape index (κ3) is 3.43. The summed E-state index contributed by atoms with van der Waals surface area (Å²) >= 11 is 5.77. The molecular formula is C11H14ClN3O3S. The zero-order valence-electron chi connectivity index (χ0n) is 10.3. The largest absolute Gasteiger partial charge is 0.310 e. The standard InChI is InChI=1S/C11H14ClN3O3S/c1-7-9(2-3-10(12)14-7)15-5-8(4-11(15)16)6-19(13,17)18/h2-3,8H,4-6H2,1H3,(H2,13,17,18). The lowest BCUT2D eigenvalue weighted by atomic mass is 10.1. The monoisotopic (exact) mass is 303 g/mol. The Hall–Kier alpha value is -1.18. The van der Waals surface area contributed by atoms with E-state index < -0.39 is 10.0 Å². The fourth-order valence-electron chi connectivity index (χ4n) is 2.26. The number of carbonyl (C=O) groups is 1. The van der Waals surface area contributed by atoms with Crippen LogP contribution in [0.5, 0.6) is 0 Å². The molecule has 2 N–H and O–H groups in total. The van der Waals surface area contributed by atoms with Crippen LogP contribution >= 0.6 is 11.6 Å². The highest BCUT2D eigenvalue weighted by atomic mass is 35.5. The first kappa shape index (κ1) is 14.2. The third-order valence-corrected chi connectivity index (χ3v) is 4.13. The van der Waals surface area contributed by atoms with E-state index in [1.54, 1.807) is 19.1 Å². The first-order chi connectivity index (χ1) is 8.76. The van der Waals surface area contributed by atoms with Gasteiger partial charge in [0.25, 0.3) is 0 Å². The molecule has 6 nitrogen and oxygen atoms in total. The summed E-state index contributed by atoms with van der Waals surface area (Å²) in [7, 11) is -3.57. The van der Waals surface area contributed by atoms with Crippen molar-refractivity contribution in [3.8, 4) is 0 Å². The molecule has 1 atom stereocenters. The summed E-state index contributed by atoms with van der Waals surface area (Å²) < 4.78 is 22.1. The molecule has 0 spiro atoms. The van der Waals surface area contributed by atoms with Crippen molar-refractivity contribution in [2.75, 3.05) is 17.2 Å². The number of anilines is 1. The normalized spacial score (nSPS) is 20.1. The first-order valence-electron chi connectivity index (χ1n) is 5.70. The maximum atomic E-state index is 11.9. The predicted octanol–water partition coefficient (Wildman–Crippen LogP) is 0.685. The van der Waals surface area contributed by atoms with Crippen LogP contribution in [0.3, 0.4) is 0 Å². The highest BCUT2D eigenvalue weighted by molar-refractivity contribution is 7.89. The number of aryl methyl sites for hydroxylation is 1. The van der Waals surface area contributed by atoms with Gasteiger partial charge in [0.2, 0.25) is 15.9 Å². The fraction of sp³-hybridized carbons (Fsp3) is 0.455. The number of pyridine rings is 1. The van der Waals surface area contributed by atoms with Gasteiger partial charge < -0.3 is 4.90 Å². The van der Waals surface area contributed by atoms with Gasteiger partial charge in [-0.25, -0.2) is 18.5 Å². The molecule has 1 unspecified atom stereocenters. The molecule has 1 aromatic rings. The van der Waals surface area contributed by atoms with Gasteiger partial charge in [0.1, 0.15) is 5.15 Å². The fourth-order valence-corrected chi connectivity index (χ4v) is 3.33. The molecule has 0 saturated carbocycles. The van der Waals surface area contributed by atoms with Crippen molar-refractivity contribution in [3.05, 3.63) is 23.0 Å². The summed E-state index contributed by atoms with van der Waals surface area (Å²) in [6.07, 6.45) is 0.179. The Bertz CT molecular complexity index is 618. The first-order valence-corrected chi connectivity index (χ1v) is 7.79. The Kier molecular flexibility index (Phi) is 3.80. The van der Waals surface area contributed by atoms with E-state index in [0.717, 1.165) is 0 Å². The molecule has 1 saturated heterocycles. The van der Waals surface area contributed by atoms with Crippen LogP contribution in [-0.4, -0.2) is 31.6 Å². The van der Waals surface area contributed by atoms with Crippen molar-refractivity contribution in [1.82, 2.24) is 4.98 Å². The van der Waals surface area contributed by atoms with Crippen LogP contribution < -0.4 is 10.0 Å². The summed E-state index contributed by atoms with van der Waals surface area (Å²) in [6, 6.07) is 3.31. The number of nitrogens with two attached hydrogens (primary N) is 1. The topological polar surface area (TPSA) is 93.4 Å². The quantitative estimate of drug-likeness (QED) is 0.831. The zero-order chi connectivity index (χ0) is 14.2. The Labute approximate surface area is 116 Å². The number of halogens is 1. The molecule has 2 heterocycles. The molecule has 0 bridgehead atoms. The molecule has 1 aliphatic rings. The second kappa shape index (κ2) is 5.07. The Morgan fingerprint density at radius 3 is 2.79 bits per heavy atom. The predicted molar refractivity (Wildman–Crippen MR) is 72.4 cm³/mol. The zero-order valence-corrected chi connectivity index (χ0v) is 11.9. The number of nitrogens with zero attached hydrogens (tertiary/aromatic N) is 2. The highest BCUT2D eigenvalue weighted by Crippen LogP contribution is 2.28. The molecule has 0 radical (unpaired) electrons. The van der Waals surface area contributed by atoms with Crippen molar-refractivity contribution in [1.29, 1.82) is 0 Å². The van der Waals surface area contributed by atoms with Crippen LogP contribution in [0.2, 0.25) is 5.15 Å². The molecule has 1 fully saturated rings. The molecule has 1 aliphatic heterocycles. The second-order valence-electron chi connectivity index (χ2n) is 4.64. The molecule has 2 rings (SSSR count). The summed E-state index contributed by atoms with van der Waals surface area (Å²) in [5.41, 5.74) is 1.29. The third-order valence-electron chi connectivity index (χ3n) is 2.99. The SMILES string of the molecule is Cc1nc(Cl)ccc1N1CC(CS(N)(=O)=O)CC1=O. The molecule has 0 aliphatic carbocycles. The number of amides is 1. The molecular weight excluding hydrogens is 290 g/mol. The molecule has 8 heteroatoms. The maximum Gasteiger partial charge on any atom is 0.227 e. The van der Waals surface area contributed by atoms with Gasteiger partial charge in [-0.3, -0.25) is 4.79 Å². The second-order valence-corrected chi connectivity index (χ2v) is 6.69. The molecule has 104 valence electrons. The van der Waals surface area contributed by atoms with E-state index in [-0.39, 0.29) is 24.0 Å². The van der Waals surface area contributed by atoms with E-state index in [9.17, 15) is 13.2 Å². The van der Waals surface area contributed by atoms with Crippen LogP contribution in [0.25, 0.3) is 0 Å². The molecule has 1 aromatic heterocycles. The van der Waals surface area contributed by atoms with Crippen molar-refractivity contribution < 1.29 is 13.2 Å². The van der Waals surface area contributed by atoms with Gasteiger partial charge in [-0.2, -0.15) is 0 Å². The average Bonchev–Trinajstić information content (AvgIpc) is 2.56. The van der Waals surface area contributed by atoms with Crippen LogP contribution in [0.4, 0.5) is 5.69 Å². The van der Waals surface area contributed by atoms with E-state index in [1.165, 1.54) is 4.90 Å². The molecule has 19 heavy (non-hydrogen) atoms. The minimum atomic E-state index is -3.57. The lowest BCUT2D eigenvalue weighted by molar-refractivity contribution is -0.117. The Balaban J connectivity index is 2.20.